The summed E-state index contributed by atoms with van der Waals surface area (Å²) in [4.78, 5) is 36.1. The molecule has 0 spiro atoms. The Morgan fingerprint density at radius 1 is 1.08 bits per heavy atom. The van der Waals surface area contributed by atoms with Crippen molar-refractivity contribution in [3.8, 4) is 0 Å². The molecular weight excluding hydrogens is 654 g/mol. The minimum absolute atomic E-state index is 0.0464. The van der Waals surface area contributed by atoms with Crippen molar-refractivity contribution in [3.05, 3.63) is 100 Å². The van der Waals surface area contributed by atoms with Crippen LogP contribution in [-0.2, 0) is 40.6 Å². The summed E-state index contributed by atoms with van der Waals surface area (Å²) in [5.41, 5.74) is 3.42. The maximum Gasteiger partial charge on any atom is 0.318 e. The minimum atomic E-state index is -4.06. The molecule has 2 aliphatic rings. The minimum Gasteiger partial charge on any atom is -0.451 e. The highest BCUT2D eigenvalue weighted by Crippen LogP contribution is 2.37. The van der Waals surface area contributed by atoms with E-state index in [2.05, 4.69) is 42.9 Å². The zero-order valence-corrected chi connectivity index (χ0v) is 27.7. The molecule has 0 aliphatic carbocycles. The standard InChI is InChI=1S/C33H32ClN9O4S/c1-22(44)42-15-14-41(18-25(42)17-35-2)32-26-11-13-40(29-8-4-6-23-5-3-7-27(34)31(23)29)19-28(26)38-30(39-32)10-9-24-12-16-47-33(24)48(45,46)43-21-36-20-37-43/h3-8,12,16,20-21,25H,9-11,13-15,17-19H2,1H3/t25-/m0/s1. The van der Waals surface area contributed by atoms with Gasteiger partial charge in [0.05, 0.1) is 23.5 Å². The van der Waals surface area contributed by atoms with Crippen molar-refractivity contribution in [2.45, 2.75) is 43.9 Å². The normalized spacial score (nSPS) is 16.6. The number of anilines is 2. The summed E-state index contributed by atoms with van der Waals surface area (Å²) < 4.78 is 32.5. The van der Waals surface area contributed by atoms with Crippen molar-refractivity contribution >= 4 is 49.8 Å². The largest absolute Gasteiger partial charge is 0.451 e. The molecule has 0 unspecified atom stereocenters. The summed E-state index contributed by atoms with van der Waals surface area (Å²) in [5.74, 6) is 1.31. The predicted octanol–water partition coefficient (Wildman–Crippen LogP) is 4.01. The number of hydrogen-bond donors (Lipinski definition) is 0. The number of aryl methyl sites for hydroxylation is 2. The topological polar surface area (TPSA) is 135 Å². The molecule has 5 heterocycles. The average molecular weight is 686 g/mol. The molecule has 2 aliphatic heterocycles. The highest BCUT2D eigenvalue weighted by Gasteiger charge is 2.34. The molecule has 1 fully saturated rings. The monoisotopic (exact) mass is 685 g/mol. The number of amides is 1. The summed E-state index contributed by atoms with van der Waals surface area (Å²) in [6, 6.07) is 13.4. The fraction of sp³-hybridized carbons (Fsp3) is 0.333. The van der Waals surface area contributed by atoms with E-state index in [-0.39, 0.29) is 23.6 Å². The van der Waals surface area contributed by atoms with Gasteiger partial charge in [0.15, 0.2) is 0 Å². The number of fused-ring (bicyclic) bond motifs is 2. The van der Waals surface area contributed by atoms with E-state index in [0.717, 1.165) is 56.8 Å². The van der Waals surface area contributed by atoms with Crippen LogP contribution < -0.4 is 9.80 Å². The smallest absolute Gasteiger partial charge is 0.318 e. The lowest BCUT2D eigenvalue weighted by Crippen LogP contribution is -2.56. The van der Waals surface area contributed by atoms with Gasteiger partial charge in [-0.3, -0.25) is 4.79 Å². The van der Waals surface area contributed by atoms with Gasteiger partial charge in [-0.2, -0.15) is 8.42 Å². The van der Waals surface area contributed by atoms with Crippen molar-refractivity contribution in [1.82, 2.24) is 29.0 Å². The van der Waals surface area contributed by atoms with Gasteiger partial charge >= 0.3 is 10.0 Å². The van der Waals surface area contributed by atoms with Gasteiger partial charge < -0.3 is 24.0 Å². The summed E-state index contributed by atoms with van der Waals surface area (Å²) in [6.45, 7) is 12.0. The van der Waals surface area contributed by atoms with E-state index in [0.29, 0.717) is 61.9 Å². The van der Waals surface area contributed by atoms with Gasteiger partial charge in [-0.05, 0) is 36.4 Å². The molecule has 5 aromatic rings. The molecule has 1 amide bonds. The van der Waals surface area contributed by atoms with Crippen molar-refractivity contribution in [2.24, 2.45) is 0 Å². The molecule has 1 atom stereocenters. The lowest BCUT2D eigenvalue weighted by molar-refractivity contribution is -0.131. The SMILES string of the molecule is [C-]#[N+]C[C@H]1CN(c2nc(CCc3ccoc3S(=O)(=O)n3cncn3)nc3c2CCN(c2cccc4cccc(Cl)c24)C3)CCN1C(C)=O. The molecule has 0 bridgehead atoms. The fourth-order valence-corrected chi connectivity index (χ4v) is 8.16. The lowest BCUT2D eigenvalue weighted by Gasteiger charge is -2.41. The molecule has 1 saturated heterocycles. The number of carbonyl (C=O) groups is 1. The lowest BCUT2D eigenvalue weighted by atomic mass is 10.0. The first-order valence-electron chi connectivity index (χ1n) is 15.6. The molecule has 246 valence electrons. The van der Waals surface area contributed by atoms with Gasteiger partial charge in [0.1, 0.15) is 30.3 Å². The second-order valence-electron chi connectivity index (χ2n) is 11.8. The number of benzene rings is 2. The molecule has 15 heteroatoms. The molecule has 2 aromatic carbocycles. The zero-order valence-electron chi connectivity index (χ0n) is 26.2. The number of rotatable bonds is 8. The maximum absolute atomic E-state index is 13.2. The summed E-state index contributed by atoms with van der Waals surface area (Å²) in [5, 5.41) is 6.31. The molecule has 48 heavy (non-hydrogen) atoms. The van der Waals surface area contributed by atoms with Crippen LogP contribution >= 0.6 is 11.6 Å². The number of halogens is 1. The predicted molar refractivity (Wildman–Crippen MR) is 179 cm³/mol. The first-order chi connectivity index (χ1) is 23.2. The van der Waals surface area contributed by atoms with Gasteiger partial charge in [-0.15, -0.1) is 9.19 Å². The van der Waals surface area contributed by atoms with Crippen molar-refractivity contribution < 1.29 is 17.6 Å². The number of furan rings is 1. The highest BCUT2D eigenvalue weighted by atomic mass is 35.5. The second kappa shape index (κ2) is 12.9. The third kappa shape index (κ3) is 5.84. The Morgan fingerprint density at radius 3 is 2.69 bits per heavy atom. The van der Waals surface area contributed by atoms with Crippen LogP contribution in [0.3, 0.4) is 0 Å². The van der Waals surface area contributed by atoms with E-state index >= 15 is 0 Å². The Balaban J connectivity index is 1.24. The van der Waals surface area contributed by atoms with E-state index in [1.165, 1.54) is 6.26 Å². The highest BCUT2D eigenvalue weighted by molar-refractivity contribution is 7.89. The van der Waals surface area contributed by atoms with Crippen LogP contribution in [-0.4, -0.2) is 82.1 Å². The van der Waals surface area contributed by atoms with E-state index in [1.54, 1.807) is 17.9 Å². The first-order valence-corrected chi connectivity index (χ1v) is 17.4. The molecule has 0 radical (unpaired) electrons. The molecule has 13 nitrogen and oxygen atoms in total. The van der Waals surface area contributed by atoms with Gasteiger partial charge in [-0.1, -0.05) is 35.9 Å². The molecule has 3 aromatic heterocycles. The Kier molecular flexibility index (Phi) is 8.49. The van der Waals surface area contributed by atoms with Gasteiger partial charge in [0, 0.05) is 61.7 Å². The van der Waals surface area contributed by atoms with E-state index in [4.69, 9.17) is 32.6 Å². The number of carbonyl (C=O) groups excluding carboxylic acids is 1. The van der Waals surface area contributed by atoms with Gasteiger partial charge in [-0.25, -0.2) is 21.5 Å². The van der Waals surface area contributed by atoms with Crippen LogP contribution in [0, 0.1) is 6.57 Å². The van der Waals surface area contributed by atoms with Gasteiger partial charge in [0.2, 0.25) is 17.5 Å². The van der Waals surface area contributed by atoms with Crippen molar-refractivity contribution in [1.29, 1.82) is 0 Å². The first kappa shape index (κ1) is 31.6. The molecular formula is C33H32ClN9O4S. The summed E-state index contributed by atoms with van der Waals surface area (Å²) >= 11 is 6.71. The number of hydrogen-bond acceptors (Lipinski definition) is 10. The Labute approximate surface area is 282 Å². The van der Waals surface area contributed by atoms with Crippen molar-refractivity contribution in [3.63, 3.8) is 0 Å². The molecule has 7 rings (SSSR count). The second-order valence-corrected chi connectivity index (χ2v) is 13.9. The quantitative estimate of drug-likeness (QED) is 0.221. The van der Waals surface area contributed by atoms with E-state index in [1.807, 2.05) is 18.2 Å². The fourth-order valence-electron chi connectivity index (χ4n) is 6.69. The third-order valence-corrected chi connectivity index (χ3v) is 10.8. The Bertz CT molecular complexity index is 2140. The number of piperazine rings is 1. The Morgan fingerprint density at radius 2 is 1.92 bits per heavy atom. The zero-order chi connectivity index (χ0) is 33.4. The molecule has 0 saturated carbocycles. The molecule has 0 N–H and O–H groups in total. The van der Waals surface area contributed by atoms with Crippen LogP contribution in [0.2, 0.25) is 5.02 Å². The van der Waals surface area contributed by atoms with Gasteiger partial charge in [0.25, 0.3) is 0 Å². The van der Waals surface area contributed by atoms with E-state index < -0.39 is 10.0 Å². The summed E-state index contributed by atoms with van der Waals surface area (Å²) in [7, 11) is -4.06. The van der Waals surface area contributed by atoms with Crippen LogP contribution in [0.25, 0.3) is 15.6 Å². The Hall–Kier alpha value is -5.00. The number of nitrogens with zero attached hydrogens (tertiary/aromatic N) is 9. The maximum atomic E-state index is 13.2. The number of aromatic nitrogens is 5. The van der Waals surface area contributed by atoms with E-state index in [9.17, 15) is 13.2 Å². The third-order valence-electron chi connectivity index (χ3n) is 8.95. The van der Waals surface area contributed by atoms with Crippen LogP contribution in [0.4, 0.5) is 11.5 Å². The van der Waals surface area contributed by atoms with Crippen molar-refractivity contribution in [2.75, 3.05) is 42.5 Å². The van der Waals surface area contributed by atoms with Crippen LogP contribution in [0.1, 0.15) is 29.6 Å². The summed E-state index contributed by atoms with van der Waals surface area (Å²) in [6.07, 6.45) is 4.95. The van der Waals surface area contributed by atoms with Crippen LogP contribution in [0.5, 0.6) is 0 Å². The van der Waals surface area contributed by atoms with Crippen LogP contribution in [0.15, 0.2) is 70.9 Å². The average Bonchev–Trinajstić information content (AvgIpc) is 3.81.